The molecule has 2 heterocycles. The van der Waals surface area contributed by atoms with Gasteiger partial charge in [-0.15, -0.1) is 0 Å². The van der Waals surface area contributed by atoms with Gasteiger partial charge >= 0.3 is 0 Å². The molecular weight excluding hydrogens is 218 g/mol. The molecule has 0 spiro atoms. The van der Waals surface area contributed by atoms with E-state index < -0.39 is 5.54 Å². The van der Waals surface area contributed by atoms with Crippen LogP contribution in [0.2, 0.25) is 0 Å². The van der Waals surface area contributed by atoms with Crippen molar-refractivity contribution >= 4 is 0 Å². The minimum Gasteiger partial charge on any atom is -0.337 e. The van der Waals surface area contributed by atoms with Crippen LogP contribution < -0.4 is 5.73 Å². The molecule has 0 aromatic carbocycles. The SMILES string of the molecule is CCC(N)(CC)c1nc(-c2ccn(C)n2)no1. The Bertz CT molecular complexity index is 497. The lowest BCUT2D eigenvalue weighted by Gasteiger charge is -2.20. The van der Waals surface area contributed by atoms with Gasteiger partial charge in [-0.05, 0) is 18.9 Å². The van der Waals surface area contributed by atoms with Gasteiger partial charge in [-0.3, -0.25) is 4.68 Å². The zero-order valence-corrected chi connectivity index (χ0v) is 10.3. The Hall–Kier alpha value is -1.69. The minimum absolute atomic E-state index is 0.475. The fourth-order valence-electron chi connectivity index (χ4n) is 1.62. The molecule has 2 aromatic heterocycles. The third-order valence-corrected chi connectivity index (χ3v) is 3.06. The Balaban J connectivity index is 2.33. The first-order valence-corrected chi connectivity index (χ1v) is 5.72. The fourth-order valence-corrected chi connectivity index (χ4v) is 1.62. The van der Waals surface area contributed by atoms with Gasteiger partial charge in [0.25, 0.3) is 0 Å². The van der Waals surface area contributed by atoms with Crippen LogP contribution in [-0.4, -0.2) is 19.9 Å². The molecule has 0 radical (unpaired) electrons. The molecule has 17 heavy (non-hydrogen) atoms. The average Bonchev–Trinajstić information content (AvgIpc) is 2.96. The summed E-state index contributed by atoms with van der Waals surface area (Å²) < 4.78 is 6.94. The lowest BCUT2D eigenvalue weighted by Crippen LogP contribution is -2.35. The van der Waals surface area contributed by atoms with Crippen LogP contribution in [0, 0.1) is 0 Å². The maximum absolute atomic E-state index is 6.19. The molecule has 2 N–H and O–H groups in total. The molecule has 0 amide bonds. The molecule has 0 fully saturated rings. The summed E-state index contributed by atoms with van der Waals surface area (Å²) in [5.74, 6) is 0.959. The molecule has 0 saturated carbocycles. The molecule has 6 nitrogen and oxygen atoms in total. The molecule has 0 bridgehead atoms. The zero-order chi connectivity index (χ0) is 12.5. The zero-order valence-electron chi connectivity index (χ0n) is 10.3. The number of rotatable bonds is 4. The van der Waals surface area contributed by atoms with Crippen LogP contribution in [0.1, 0.15) is 32.6 Å². The van der Waals surface area contributed by atoms with Crippen molar-refractivity contribution in [1.29, 1.82) is 0 Å². The first kappa shape index (κ1) is 11.8. The van der Waals surface area contributed by atoms with Crippen molar-refractivity contribution < 1.29 is 4.52 Å². The normalized spacial score (nSPS) is 12.0. The van der Waals surface area contributed by atoms with E-state index in [2.05, 4.69) is 15.2 Å². The highest BCUT2D eigenvalue weighted by atomic mass is 16.5. The smallest absolute Gasteiger partial charge is 0.247 e. The summed E-state index contributed by atoms with van der Waals surface area (Å²) in [4.78, 5) is 4.33. The maximum atomic E-state index is 6.19. The van der Waals surface area contributed by atoms with Gasteiger partial charge in [-0.1, -0.05) is 19.0 Å². The number of aromatic nitrogens is 4. The highest BCUT2D eigenvalue weighted by Gasteiger charge is 2.30. The van der Waals surface area contributed by atoms with Crippen LogP contribution >= 0.6 is 0 Å². The second-order valence-corrected chi connectivity index (χ2v) is 4.16. The Morgan fingerprint density at radius 1 is 1.41 bits per heavy atom. The van der Waals surface area contributed by atoms with E-state index in [0.717, 1.165) is 12.8 Å². The lowest BCUT2D eigenvalue weighted by molar-refractivity contribution is 0.268. The van der Waals surface area contributed by atoms with E-state index in [9.17, 15) is 0 Å². The number of aryl methyl sites for hydroxylation is 1. The fraction of sp³-hybridized carbons (Fsp3) is 0.545. The van der Waals surface area contributed by atoms with Gasteiger partial charge in [0.05, 0.1) is 5.54 Å². The Morgan fingerprint density at radius 2 is 2.12 bits per heavy atom. The quantitative estimate of drug-likeness (QED) is 0.867. The first-order valence-electron chi connectivity index (χ1n) is 5.72. The van der Waals surface area contributed by atoms with Gasteiger partial charge in [0.15, 0.2) is 0 Å². The molecule has 0 atom stereocenters. The summed E-state index contributed by atoms with van der Waals surface area (Å²) in [6.45, 7) is 4.02. The average molecular weight is 235 g/mol. The van der Waals surface area contributed by atoms with Gasteiger partial charge in [-0.25, -0.2) is 0 Å². The number of hydrogen-bond acceptors (Lipinski definition) is 5. The number of nitrogens with zero attached hydrogens (tertiary/aromatic N) is 4. The van der Waals surface area contributed by atoms with Crippen molar-refractivity contribution in [2.45, 2.75) is 32.2 Å². The van der Waals surface area contributed by atoms with Crippen LogP contribution in [0.4, 0.5) is 0 Å². The molecule has 92 valence electrons. The van der Waals surface area contributed by atoms with E-state index in [4.69, 9.17) is 10.3 Å². The summed E-state index contributed by atoms with van der Waals surface area (Å²) in [5, 5.41) is 8.14. The molecule has 0 unspecified atom stereocenters. The van der Waals surface area contributed by atoms with Crippen LogP contribution in [0.5, 0.6) is 0 Å². The largest absolute Gasteiger partial charge is 0.337 e. The summed E-state index contributed by atoms with van der Waals surface area (Å²) in [6, 6.07) is 1.84. The summed E-state index contributed by atoms with van der Waals surface area (Å²) >= 11 is 0. The molecular formula is C11H17N5O. The Labute approximate surface area is 99.8 Å². The van der Waals surface area contributed by atoms with Crippen LogP contribution in [0.25, 0.3) is 11.5 Å². The van der Waals surface area contributed by atoms with Crippen molar-refractivity contribution in [2.75, 3.05) is 0 Å². The van der Waals surface area contributed by atoms with Crippen molar-refractivity contribution in [3.8, 4) is 11.5 Å². The Kier molecular flexibility index (Phi) is 2.97. The highest BCUT2D eigenvalue weighted by molar-refractivity contribution is 5.46. The van der Waals surface area contributed by atoms with Crippen LogP contribution in [0.15, 0.2) is 16.8 Å². The van der Waals surface area contributed by atoms with Crippen LogP contribution in [-0.2, 0) is 12.6 Å². The summed E-state index contributed by atoms with van der Waals surface area (Å²) in [5.41, 5.74) is 6.34. The van der Waals surface area contributed by atoms with E-state index in [0.29, 0.717) is 17.4 Å². The lowest BCUT2D eigenvalue weighted by atomic mass is 9.94. The molecule has 0 aliphatic carbocycles. The van der Waals surface area contributed by atoms with Gasteiger partial charge in [-0.2, -0.15) is 10.1 Å². The highest BCUT2D eigenvalue weighted by Crippen LogP contribution is 2.25. The summed E-state index contributed by atoms with van der Waals surface area (Å²) in [6.07, 6.45) is 3.35. The van der Waals surface area contributed by atoms with Gasteiger partial charge in [0.1, 0.15) is 5.69 Å². The Morgan fingerprint density at radius 3 is 2.65 bits per heavy atom. The van der Waals surface area contributed by atoms with Crippen LogP contribution in [0.3, 0.4) is 0 Å². The molecule has 0 aliphatic heterocycles. The minimum atomic E-state index is -0.542. The predicted molar refractivity (Wildman–Crippen MR) is 62.9 cm³/mol. The van der Waals surface area contributed by atoms with Gasteiger partial charge in [0, 0.05) is 13.2 Å². The number of hydrogen-bond donors (Lipinski definition) is 1. The molecule has 2 aromatic rings. The maximum Gasteiger partial charge on any atom is 0.247 e. The van der Waals surface area contributed by atoms with E-state index in [1.165, 1.54) is 0 Å². The third kappa shape index (κ3) is 2.08. The molecule has 0 saturated heterocycles. The van der Waals surface area contributed by atoms with E-state index in [1.54, 1.807) is 4.68 Å². The monoisotopic (exact) mass is 235 g/mol. The topological polar surface area (TPSA) is 82.8 Å². The van der Waals surface area contributed by atoms with Gasteiger partial charge in [0.2, 0.25) is 11.7 Å². The van der Waals surface area contributed by atoms with Crippen molar-refractivity contribution in [1.82, 2.24) is 19.9 Å². The van der Waals surface area contributed by atoms with Crippen molar-refractivity contribution in [3.63, 3.8) is 0 Å². The van der Waals surface area contributed by atoms with Crippen molar-refractivity contribution in [3.05, 3.63) is 18.2 Å². The summed E-state index contributed by atoms with van der Waals surface area (Å²) in [7, 11) is 1.84. The second-order valence-electron chi connectivity index (χ2n) is 4.16. The molecule has 0 aliphatic rings. The standard InChI is InChI=1S/C11H17N5O/c1-4-11(12,5-2)10-13-9(15-17-10)8-6-7-16(3)14-8/h6-7H,4-5,12H2,1-3H3. The van der Waals surface area contributed by atoms with E-state index >= 15 is 0 Å². The third-order valence-electron chi connectivity index (χ3n) is 3.06. The van der Waals surface area contributed by atoms with Gasteiger partial charge < -0.3 is 10.3 Å². The van der Waals surface area contributed by atoms with E-state index in [1.807, 2.05) is 33.2 Å². The molecule has 6 heteroatoms. The van der Waals surface area contributed by atoms with E-state index in [-0.39, 0.29) is 0 Å². The molecule has 2 rings (SSSR count). The first-order chi connectivity index (χ1) is 8.09. The second kappa shape index (κ2) is 4.29. The van der Waals surface area contributed by atoms with Crippen molar-refractivity contribution in [2.24, 2.45) is 12.8 Å². The predicted octanol–water partition coefficient (Wildman–Crippen LogP) is 1.44. The number of nitrogens with two attached hydrogens (primary N) is 1.